The second-order valence-corrected chi connectivity index (χ2v) is 13.4. The van der Waals surface area contributed by atoms with Gasteiger partial charge in [-0.15, -0.1) is 0 Å². The molecule has 1 aliphatic carbocycles. The van der Waals surface area contributed by atoms with Crippen LogP contribution >= 0.6 is 0 Å². The number of para-hydroxylation sites is 1. The maximum Gasteiger partial charge on any atom is 0.219 e. The topological polar surface area (TPSA) is 58.0 Å². The molecular formula is C46H37N3O2. The van der Waals surface area contributed by atoms with Crippen LogP contribution in [-0.2, 0) is 0 Å². The molecule has 2 aliphatic rings. The van der Waals surface area contributed by atoms with Crippen LogP contribution in [-0.4, -0.2) is 28.0 Å². The van der Waals surface area contributed by atoms with Crippen molar-refractivity contribution in [1.82, 2.24) is 4.98 Å². The molecule has 0 spiro atoms. The molecule has 1 fully saturated rings. The van der Waals surface area contributed by atoms with Crippen LogP contribution in [0.4, 0.5) is 5.69 Å². The van der Waals surface area contributed by atoms with E-state index >= 15 is 0 Å². The van der Waals surface area contributed by atoms with E-state index in [0.717, 1.165) is 29.6 Å². The molecule has 0 radical (unpaired) electrons. The minimum Gasteiger partial charge on any atom is -0.506 e. The van der Waals surface area contributed by atoms with Crippen molar-refractivity contribution in [2.24, 2.45) is 4.99 Å². The molecule has 0 saturated heterocycles. The molecule has 7 aromatic rings. The lowest BCUT2D eigenvalue weighted by Crippen LogP contribution is -2.42. The fourth-order valence-corrected chi connectivity index (χ4v) is 7.76. The van der Waals surface area contributed by atoms with E-state index in [1.165, 1.54) is 51.9 Å². The van der Waals surface area contributed by atoms with Crippen molar-refractivity contribution >= 4 is 22.4 Å². The highest BCUT2D eigenvalue weighted by atomic mass is 16.5. The second kappa shape index (κ2) is 13.3. The molecule has 0 bridgehead atoms. The standard InChI is InChI=1S/C46H37N3O2/c50-42-25-13-20-34-26-27-43(48-44(34)42)51-37-22-12-21-35(28-37)46-47-40-23-10-11-24-41(40)49(46)45-38(32-16-6-2-7-17-32)29-36(31-14-4-1-5-15-31)30-39(45)33-18-8-3-9-19-33/h1-9,12-22,25-30,40-41,50H,10-11,23-24H2/t40-,41?/m0/s1. The summed E-state index contributed by atoms with van der Waals surface area (Å²) >= 11 is 0. The number of anilines is 1. The zero-order chi connectivity index (χ0) is 34.1. The van der Waals surface area contributed by atoms with E-state index in [0.29, 0.717) is 17.1 Å². The van der Waals surface area contributed by atoms with Gasteiger partial charge in [-0.25, -0.2) is 4.98 Å². The number of benzene rings is 6. The predicted octanol–water partition coefficient (Wildman–Crippen LogP) is 11.3. The number of amidine groups is 1. The molecule has 0 amide bonds. The maximum atomic E-state index is 10.4. The van der Waals surface area contributed by atoms with Crippen molar-refractivity contribution in [3.8, 4) is 50.8 Å². The van der Waals surface area contributed by atoms with Crippen molar-refractivity contribution in [3.63, 3.8) is 0 Å². The number of aliphatic imine (C=N–C) groups is 1. The summed E-state index contributed by atoms with van der Waals surface area (Å²) in [4.78, 5) is 12.7. The van der Waals surface area contributed by atoms with Crippen molar-refractivity contribution in [1.29, 1.82) is 0 Å². The third-order valence-corrected chi connectivity index (χ3v) is 10.2. The van der Waals surface area contributed by atoms with Gasteiger partial charge in [0.25, 0.3) is 0 Å². The van der Waals surface area contributed by atoms with Gasteiger partial charge in [-0.2, -0.15) is 0 Å². The fraction of sp³-hybridized carbons (Fsp3) is 0.130. The SMILES string of the molecule is Oc1cccc2ccc(Oc3cccc(C4=N[C@H]5CCCCC5N4c4c(-c5ccccc5)cc(-c5ccccc5)cc4-c4ccccc4)c3)nc12. The molecule has 51 heavy (non-hydrogen) atoms. The molecule has 1 aliphatic heterocycles. The van der Waals surface area contributed by atoms with E-state index in [2.05, 4.69) is 125 Å². The first-order valence-corrected chi connectivity index (χ1v) is 17.8. The molecule has 6 aromatic carbocycles. The van der Waals surface area contributed by atoms with Crippen LogP contribution in [0.5, 0.6) is 17.4 Å². The Balaban J connectivity index is 1.22. The summed E-state index contributed by atoms with van der Waals surface area (Å²) in [6, 6.07) is 54.7. The molecule has 248 valence electrons. The lowest BCUT2D eigenvalue weighted by molar-refractivity contribution is 0.405. The van der Waals surface area contributed by atoms with E-state index < -0.39 is 0 Å². The summed E-state index contributed by atoms with van der Waals surface area (Å²) in [7, 11) is 0. The van der Waals surface area contributed by atoms with Crippen molar-refractivity contribution in [3.05, 3.63) is 163 Å². The minimum atomic E-state index is 0.131. The van der Waals surface area contributed by atoms with Crippen molar-refractivity contribution < 1.29 is 9.84 Å². The molecule has 1 unspecified atom stereocenters. The van der Waals surface area contributed by atoms with Gasteiger partial charge in [-0.05, 0) is 71.5 Å². The van der Waals surface area contributed by atoms with Crippen LogP contribution < -0.4 is 9.64 Å². The van der Waals surface area contributed by atoms with Crippen molar-refractivity contribution in [2.45, 2.75) is 37.8 Å². The number of phenols is 1. The first kappa shape index (κ1) is 30.8. The summed E-state index contributed by atoms with van der Waals surface area (Å²) in [5.74, 6) is 2.18. The van der Waals surface area contributed by atoms with Crippen LogP contribution in [0, 0.1) is 0 Å². The van der Waals surface area contributed by atoms with Gasteiger partial charge in [0.1, 0.15) is 22.9 Å². The number of hydrogen-bond donors (Lipinski definition) is 1. The first-order valence-electron chi connectivity index (χ1n) is 17.8. The summed E-state index contributed by atoms with van der Waals surface area (Å²) in [6.07, 6.45) is 4.49. The molecule has 9 rings (SSSR count). The van der Waals surface area contributed by atoms with Gasteiger partial charge in [0.2, 0.25) is 5.88 Å². The molecule has 5 nitrogen and oxygen atoms in total. The predicted molar refractivity (Wildman–Crippen MR) is 208 cm³/mol. The van der Waals surface area contributed by atoms with Crippen LogP contribution in [0.1, 0.15) is 31.2 Å². The Morgan fingerprint density at radius 2 is 1.20 bits per heavy atom. The van der Waals surface area contributed by atoms with Gasteiger partial charge in [0, 0.05) is 28.1 Å². The minimum absolute atomic E-state index is 0.131. The molecule has 1 saturated carbocycles. The van der Waals surface area contributed by atoms with E-state index in [9.17, 15) is 5.11 Å². The first-order chi connectivity index (χ1) is 25.2. The van der Waals surface area contributed by atoms with Gasteiger partial charge in [0.05, 0.1) is 17.8 Å². The summed E-state index contributed by atoms with van der Waals surface area (Å²) in [6.45, 7) is 0. The number of fused-ring (bicyclic) bond motifs is 2. The van der Waals surface area contributed by atoms with Gasteiger partial charge in [0.15, 0.2) is 0 Å². The lowest BCUT2D eigenvalue weighted by Gasteiger charge is -2.36. The van der Waals surface area contributed by atoms with Gasteiger partial charge < -0.3 is 14.7 Å². The smallest absolute Gasteiger partial charge is 0.219 e. The summed E-state index contributed by atoms with van der Waals surface area (Å²) in [5.41, 5.74) is 9.76. The van der Waals surface area contributed by atoms with Gasteiger partial charge >= 0.3 is 0 Å². The largest absolute Gasteiger partial charge is 0.506 e. The molecule has 2 heterocycles. The average Bonchev–Trinajstić information content (AvgIpc) is 3.58. The van der Waals surface area contributed by atoms with Crippen LogP contribution in [0.2, 0.25) is 0 Å². The van der Waals surface area contributed by atoms with E-state index in [1.807, 2.05) is 36.4 Å². The van der Waals surface area contributed by atoms with E-state index in [-0.39, 0.29) is 17.8 Å². The van der Waals surface area contributed by atoms with Crippen LogP contribution in [0.3, 0.4) is 0 Å². The summed E-state index contributed by atoms with van der Waals surface area (Å²) in [5, 5.41) is 11.3. The maximum absolute atomic E-state index is 10.4. The Morgan fingerprint density at radius 3 is 1.90 bits per heavy atom. The Labute approximate surface area is 298 Å². The molecule has 1 N–H and O–H groups in total. The molecular weight excluding hydrogens is 627 g/mol. The average molecular weight is 664 g/mol. The summed E-state index contributed by atoms with van der Waals surface area (Å²) < 4.78 is 6.36. The number of pyridine rings is 1. The fourth-order valence-electron chi connectivity index (χ4n) is 7.76. The lowest BCUT2D eigenvalue weighted by atomic mass is 9.87. The number of rotatable bonds is 7. The molecule has 5 heteroatoms. The quantitative estimate of drug-likeness (QED) is 0.184. The number of hydrogen-bond acceptors (Lipinski definition) is 5. The zero-order valence-corrected chi connectivity index (χ0v) is 28.2. The molecule has 2 atom stereocenters. The Kier molecular flexibility index (Phi) is 8.01. The zero-order valence-electron chi connectivity index (χ0n) is 28.2. The van der Waals surface area contributed by atoms with Gasteiger partial charge in [-0.1, -0.05) is 128 Å². The van der Waals surface area contributed by atoms with Gasteiger partial charge in [-0.3, -0.25) is 4.99 Å². The van der Waals surface area contributed by atoms with E-state index in [1.54, 1.807) is 6.07 Å². The second-order valence-electron chi connectivity index (χ2n) is 13.4. The highest BCUT2D eigenvalue weighted by Gasteiger charge is 2.41. The van der Waals surface area contributed by atoms with E-state index in [4.69, 9.17) is 9.73 Å². The number of aromatic nitrogens is 1. The number of nitrogens with zero attached hydrogens (tertiary/aromatic N) is 3. The number of ether oxygens (including phenoxy) is 1. The monoisotopic (exact) mass is 663 g/mol. The highest BCUT2D eigenvalue weighted by molar-refractivity contribution is 6.16. The highest BCUT2D eigenvalue weighted by Crippen LogP contribution is 2.48. The Morgan fingerprint density at radius 1 is 0.569 bits per heavy atom. The normalized spacial score (nSPS) is 16.9. The van der Waals surface area contributed by atoms with Crippen LogP contribution in [0.15, 0.2) is 163 Å². The number of phenolic OH excluding ortho intramolecular Hbond substituents is 1. The van der Waals surface area contributed by atoms with Crippen molar-refractivity contribution in [2.75, 3.05) is 4.90 Å². The Hall–Kier alpha value is -6.20. The number of aromatic hydroxyl groups is 1. The third kappa shape index (κ3) is 5.91. The molecule has 1 aromatic heterocycles. The third-order valence-electron chi connectivity index (χ3n) is 10.2. The van der Waals surface area contributed by atoms with Crippen LogP contribution in [0.25, 0.3) is 44.3 Å². The Bertz CT molecular complexity index is 2310.